The van der Waals surface area contributed by atoms with Gasteiger partial charge in [0.05, 0.1) is 12.0 Å². The van der Waals surface area contributed by atoms with Crippen LogP contribution in [0.1, 0.15) is 5.56 Å². The standard InChI is InChI=1S/C11H14ClNO5S/c1-17-7-11(14)13-6-8-5-9(18-2)3-4-10(8)19(12,15)16/h3-5H,6-7H2,1-2H3,(H,13,14). The molecule has 0 aromatic heterocycles. The fraction of sp³-hybridized carbons (Fsp3) is 0.364. The Morgan fingerprint density at radius 1 is 1.37 bits per heavy atom. The molecule has 1 rings (SSSR count). The van der Waals surface area contributed by atoms with Gasteiger partial charge in [0.2, 0.25) is 5.91 Å². The van der Waals surface area contributed by atoms with Crippen LogP contribution in [0.4, 0.5) is 0 Å². The average Bonchev–Trinajstić information content (AvgIpc) is 2.35. The van der Waals surface area contributed by atoms with Crippen LogP contribution in [0.3, 0.4) is 0 Å². The molecule has 0 aliphatic heterocycles. The first kappa shape index (κ1) is 15.7. The molecular weight excluding hydrogens is 294 g/mol. The van der Waals surface area contributed by atoms with Crippen molar-refractivity contribution in [1.82, 2.24) is 5.32 Å². The van der Waals surface area contributed by atoms with E-state index in [1.54, 1.807) is 0 Å². The fourth-order valence-corrected chi connectivity index (χ4v) is 2.56. The van der Waals surface area contributed by atoms with Gasteiger partial charge in [-0.2, -0.15) is 0 Å². The van der Waals surface area contributed by atoms with Crippen LogP contribution in [0.25, 0.3) is 0 Å². The molecule has 0 atom stereocenters. The average molecular weight is 308 g/mol. The van der Waals surface area contributed by atoms with Crippen molar-refractivity contribution in [2.45, 2.75) is 11.4 Å². The van der Waals surface area contributed by atoms with Crippen LogP contribution in [-0.4, -0.2) is 35.2 Å². The number of carbonyl (C=O) groups excluding carboxylic acids is 1. The molecule has 0 saturated carbocycles. The van der Waals surface area contributed by atoms with Gasteiger partial charge < -0.3 is 14.8 Å². The highest BCUT2D eigenvalue weighted by Gasteiger charge is 2.16. The van der Waals surface area contributed by atoms with E-state index in [2.05, 4.69) is 10.1 Å². The van der Waals surface area contributed by atoms with E-state index >= 15 is 0 Å². The Kier molecular flexibility index (Phi) is 5.59. The minimum Gasteiger partial charge on any atom is -0.497 e. The first-order chi connectivity index (χ1) is 8.88. The zero-order valence-electron chi connectivity index (χ0n) is 10.5. The monoisotopic (exact) mass is 307 g/mol. The Balaban J connectivity index is 2.99. The van der Waals surface area contributed by atoms with Gasteiger partial charge in [-0.05, 0) is 23.8 Å². The number of halogens is 1. The van der Waals surface area contributed by atoms with E-state index in [1.807, 2.05) is 0 Å². The second-order valence-electron chi connectivity index (χ2n) is 3.62. The van der Waals surface area contributed by atoms with Gasteiger partial charge >= 0.3 is 0 Å². The number of rotatable bonds is 6. The van der Waals surface area contributed by atoms with Gasteiger partial charge in [-0.25, -0.2) is 8.42 Å². The number of carbonyl (C=O) groups is 1. The molecule has 0 bridgehead atoms. The molecule has 0 aliphatic carbocycles. The summed E-state index contributed by atoms with van der Waals surface area (Å²) in [6.07, 6.45) is 0. The van der Waals surface area contributed by atoms with Crippen molar-refractivity contribution < 1.29 is 22.7 Å². The van der Waals surface area contributed by atoms with Crippen molar-refractivity contribution in [2.24, 2.45) is 0 Å². The quantitative estimate of drug-likeness (QED) is 0.789. The summed E-state index contributed by atoms with van der Waals surface area (Å²) >= 11 is 0. The molecule has 0 aliphatic rings. The van der Waals surface area contributed by atoms with E-state index in [-0.39, 0.29) is 24.0 Å². The molecule has 1 aromatic carbocycles. The smallest absolute Gasteiger partial charge is 0.261 e. The van der Waals surface area contributed by atoms with Gasteiger partial charge in [-0.1, -0.05) is 0 Å². The van der Waals surface area contributed by atoms with Gasteiger partial charge in [-0.15, -0.1) is 0 Å². The second kappa shape index (κ2) is 6.74. The molecule has 6 nitrogen and oxygen atoms in total. The molecule has 19 heavy (non-hydrogen) atoms. The molecule has 0 fully saturated rings. The molecule has 1 aromatic rings. The van der Waals surface area contributed by atoms with E-state index in [0.717, 1.165) is 0 Å². The summed E-state index contributed by atoms with van der Waals surface area (Å²) in [6.45, 7) is -0.0897. The highest BCUT2D eigenvalue weighted by molar-refractivity contribution is 8.13. The molecule has 0 spiro atoms. The maximum absolute atomic E-state index is 11.4. The lowest BCUT2D eigenvalue weighted by Crippen LogP contribution is -2.27. The zero-order chi connectivity index (χ0) is 14.5. The molecule has 106 valence electrons. The first-order valence-corrected chi connectivity index (χ1v) is 7.56. The van der Waals surface area contributed by atoms with Crippen molar-refractivity contribution in [2.75, 3.05) is 20.8 Å². The van der Waals surface area contributed by atoms with Gasteiger partial charge in [0.25, 0.3) is 9.05 Å². The Hall–Kier alpha value is -1.31. The fourth-order valence-electron chi connectivity index (χ4n) is 1.43. The van der Waals surface area contributed by atoms with Crippen LogP contribution in [0.5, 0.6) is 5.75 Å². The summed E-state index contributed by atoms with van der Waals surface area (Å²) in [4.78, 5) is 11.2. The van der Waals surface area contributed by atoms with E-state index < -0.39 is 9.05 Å². The molecule has 8 heteroatoms. The number of nitrogens with one attached hydrogen (secondary N) is 1. The lowest BCUT2D eigenvalue weighted by atomic mass is 10.2. The largest absolute Gasteiger partial charge is 0.497 e. The topological polar surface area (TPSA) is 81.7 Å². The highest BCUT2D eigenvalue weighted by Crippen LogP contribution is 2.24. The molecule has 0 unspecified atom stereocenters. The summed E-state index contributed by atoms with van der Waals surface area (Å²) in [6, 6.07) is 4.32. The normalized spacial score (nSPS) is 11.1. The minimum absolute atomic E-state index is 0.0146. The maximum atomic E-state index is 11.4. The number of hydrogen-bond donors (Lipinski definition) is 1. The zero-order valence-corrected chi connectivity index (χ0v) is 12.0. The third kappa shape index (κ3) is 4.70. The van der Waals surface area contributed by atoms with E-state index in [0.29, 0.717) is 11.3 Å². The third-order valence-corrected chi connectivity index (χ3v) is 3.70. The van der Waals surface area contributed by atoms with E-state index in [9.17, 15) is 13.2 Å². The molecule has 0 saturated heterocycles. The van der Waals surface area contributed by atoms with Crippen molar-refractivity contribution in [3.05, 3.63) is 23.8 Å². The van der Waals surface area contributed by atoms with Crippen molar-refractivity contribution in [3.8, 4) is 5.75 Å². The summed E-state index contributed by atoms with van der Waals surface area (Å²) in [5.74, 6) is 0.114. The Morgan fingerprint density at radius 2 is 2.05 bits per heavy atom. The summed E-state index contributed by atoms with van der Waals surface area (Å²) in [5, 5.41) is 2.52. The summed E-state index contributed by atoms with van der Waals surface area (Å²) in [7, 11) is 4.29. The second-order valence-corrected chi connectivity index (χ2v) is 6.16. The van der Waals surface area contributed by atoms with Crippen LogP contribution in [0.2, 0.25) is 0 Å². The van der Waals surface area contributed by atoms with Crippen molar-refractivity contribution in [1.29, 1.82) is 0 Å². The molecule has 0 radical (unpaired) electrons. The summed E-state index contributed by atoms with van der Waals surface area (Å²) in [5.41, 5.74) is 0.346. The Bertz CT molecular complexity index is 558. The third-order valence-electron chi connectivity index (χ3n) is 2.28. The predicted octanol–water partition coefficient (Wildman–Crippen LogP) is 0.885. The van der Waals surface area contributed by atoms with E-state index in [4.69, 9.17) is 15.4 Å². The van der Waals surface area contributed by atoms with Gasteiger partial charge in [0, 0.05) is 24.3 Å². The number of hydrogen-bond acceptors (Lipinski definition) is 5. The molecular formula is C11H14ClNO5S. The van der Waals surface area contributed by atoms with Gasteiger partial charge in [-0.3, -0.25) is 4.79 Å². The van der Waals surface area contributed by atoms with Crippen LogP contribution >= 0.6 is 10.7 Å². The maximum Gasteiger partial charge on any atom is 0.261 e. The number of amides is 1. The van der Waals surface area contributed by atoms with Gasteiger partial charge in [0.15, 0.2) is 0 Å². The van der Waals surface area contributed by atoms with Crippen LogP contribution < -0.4 is 10.1 Å². The van der Waals surface area contributed by atoms with Crippen LogP contribution in [0, 0.1) is 0 Å². The molecule has 0 heterocycles. The van der Waals surface area contributed by atoms with Crippen molar-refractivity contribution in [3.63, 3.8) is 0 Å². The van der Waals surface area contributed by atoms with Crippen LogP contribution in [0.15, 0.2) is 23.1 Å². The van der Waals surface area contributed by atoms with Gasteiger partial charge in [0.1, 0.15) is 12.4 Å². The predicted molar refractivity (Wildman–Crippen MR) is 69.8 cm³/mol. The highest BCUT2D eigenvalue weighted by atomic mass is 35.7. The lowest BCUT2D eigenvalue weighted by Gasteiger charge is -2.10. The first-order valence-electron chi connectivity index (χ1n) is 5.25. The lowest BCUT2D eigenvalue weighted by molar-refractivity contribution is -0.124. The SMILES string of the molecule is COCC(=O)NCc1cc(OC)ccc1S(=O)(=O)Cl. The van der Waals surface area contributed by atoms with Crippen molar-refractivity contribution >= 4 is 25.6 Å². The number of methoxy groups -OCH3 is 2. The Morgan fingerprint density at radius 3 is 2.58 bits per heavy atom. The van der Waals surface area contributed by atoms with Crippen LogP contribution in [-0.2, 0) is 25.1 Å². The molecule has 1 amide bonds. The molecule has 1 N–H and O–H groups in total. The number of ether oxygens (including phenoxy) is 2. The minimum atomic E-state index is -3.88. The Labute approximate surface area is 116 Å². The van der Waals surface area contributed by atoms with E-state index in [1.165, 1.54) is 32.4 Å². The number of benzene rings is 1. The summed E-state index contributed by atoms with van der Waals surface area (Å²) < 4.78 is 32.5.